The van der Waals surface area contributed by atoms with Crippen molar-refractivity contribution in [2.45, 2.75) is 31.9 Å². The summed E-state index contributed by atoms with van der Waals surface area (Å²) in [5.74, 6) is 0. The number of carbonyl (C=O) groups excluding carboxylic acids is 1. The highest BCUT2D eigenvalue weighted by molar-refractivity contribution is 9.12. The number of ether oxygens (including phenoxy) is 1. The summed E-state index contributed by atoms with van der Waals surface area (Å²) < 4.78 is 6.18. The van der Waals surface area contributed by atoms with Crippen LogP contribution in [0.5, 0.6) is 0 Å². The van der Waals surface area contributed by atoms with E-state index in [1.54, 1.807) is 31.3 Å². The second-order valence-corrected chi connectivity index (χ2v) is 7.98. The molecule has 0 saturated carbocycles. The van der Waals surface area contributed by atoms with Gasteiger partial charge in [0.25, 0.3) is 0 Å². The first-order valence-corrected chi connectivity index (χ1v) is 10.5. The molecule has 156 valence electrons. The maximum atomic E-state index is 12.7. The number of aliphatic imine (C=N–C) groups is 1. The monoisotopic (exact) mass is 480 g/mol. The van der Waals surface area contributed by atoms with E-state index in [1.807, 2.05) is 30.3 Å². The van der Waals surface area contributed by atoms with Gasteiger partial charge in [-0.1, -0.05) is 48.5 Å². The Labute approximate surface area is 185 Å². The summed E-state index contributed by atoms with van der Waals surface area (Å²) in [5.41, 5.74) is 1.67. The van der Waals surface area contributed by atoms with E-state index in [2.05, 4.69) is 32.6 Å². The highest BCUT2D eigenvalue weighted by Gasteiger charge is 2.31. The third-order valence-electron chi connectivity index (χ3n) is 4.49. The Hall–Kier alpha value is -2.12. The minimum absolute atomic E-state index is 0.186. The molecular weight excluding hydrogens is 456 g/mol. The fourth-order valence-electron chi connectivity index (χ4n) is 2.99. The number of hydrazone groups is 1. The number of allylic oxidation sites excluding steroid dienone is 1. The lowest BCUT2D eigenvalue weighted by Crippen LogP contribution is -2.48. The molecule has 8 heteroatoms. The number of benzene rings is 1. The first-order chi connectivity index (χ1) is 13.9. The Morgan fingerprint density at radius 2 is 2.14 bits per heavy atom. The van der Waals surface area contributed by atoms with Crippen molar-refractivity contribution in [3.05, 3.63) is 58.2 Å². The molecule has 29 heavy (non-hydrogen) atoms. The van der Waals surface area contributed by atoms with Crippen LogP contribution in [0.2, 0.25) is 0 Å². The van der Waals surface area contributed by atoms with E-state index in [0.717, 1.165) is 24.8 Å². The Morgan fingerprint density at radius 1 is 1.41 bits per heavy atom. The number of likely N-dealkylation sites (tertiary alicyclic amines) is 1. The van der Waals surface area contributed by atoms with Crippen LogP contribution in [0, 0.1) is 0 Å². The zero-order chi connectivity index (χ0) is 21.2. The van der Waals surface area contributed by atoms with Crippen LogP contribution in [-0.4, -0.2) is 54.6 Å². The van der Waals surface area contributed by atoms with Gasteiger partial charge in [0.2, 0.25) is 0 Å². The van der Waals surface area contributed by atoms with Crippen molar-refractivity contribution in [1.82, 2.24) is 9.91 Å². The number of halogens is 2. The van der Waals surface area contributed by atoms with Gasteiger partial charge in [0.05, 0.1) is 18.0 Å². The molecule has 1 atom stereocenters. The average Bonchev–Trinajstić information content (AvgIpc) is 2.74. The van der Waals surface area contributed by atoms with Crippen molar-refractivity contribution >= 4 is 45.6 Å². The van der Waals surface area contributed by atoms with Gasteiger partial charge in [-0.25, -0.2) is 4.79 Å². The van der Waals surface area contributed by atoms with Gasteiger partial charge in [0, 0.05) is 25.1 Å². The maximum absolute atomic E-state index is 12.7. The van der Waals surface area contributed by atoms with E-state index in [1.165, 1.54) is 5.01 Å². The van der Waals surface area contributed by atoms with Crippen LogP contribution in [0.4, 0.5) is 4.79 Å². The maximum Gasteiger partial charge on any atom is 0.410 e. The quantitative estimate of drug-likeness (QED) is 0.307. The van der Waals surface area contributed by atoms with Crippen LogP contribution in [0.3, 0.4) is 0 Å². The predicted octanol–water partition coefficient (Wildman–Crippen LogP) is 5.15. The molecule has 2 rings (SSSR count). The highest BCUT2D eigenvalue weighted by atomic mass is 79.9. The van der Waals surface area contributed by atoms with Gasteiger partial charge >= 0.3 is 6.09 Å². The van der Waals surface area contributed by atoms with E-state index < -0.39 is 0 Å². The fourth-order valence-corrected chi connectivity index (χ4v) is 3.24. The number of nitrogens with zero attached hydrogens (tertiary/aromatic N) is 4. The van der Waals surface area contributed by atoms with Gasteiger partial charge in [0.15, 0.2) is 0 Å². The van der Waals surface area contributed by atoms with E-state index >= 15 is 0 Å². The van der Waals surface area contributed by atoms with Gasteiger partial charge in [-0.3, -0.25) is 14.9 Å². The average molecular weight is 482 g/mol. The highest BCUT2D eigenvalue weighted by Crippen LogP contribution is 2.22. The van der Waals surface area contributed by atoms with Crippen LogP contribution in [0.1, 0.15) is 24.8 Å². The summed E-state index contributed by atoms with van der Waals surface area (Å²) in [6, 6.07) is 9.45. The topological polar surface area (TPSA) is 57.5 Å². The lowest BCUT2D eigenvalue weighted by Gasteiger charge is -2.35. The van der Waals surface area contributed by atoms with Crippen molar-refractivity contribution < 1.29 is 9.53 Å². The molecule has 0 bridgehead atoms. The van der Waals surface area contributed by atoms with E-state index in [4.69, 9.17) is 16.3 Å². The van der Waals surface area contributed by atoms with Crippen molar-refractivity contribution in [1.29, 1.82) is 0 Å². The first kappa shape index (κ1) is 23.2. The Bertz CT molecular complexity index is 795. The molecule has 1 fully saturated rings. The second kappa shape index (κ2) is 11.8. The largest absolute Gasteiger partial charge is 0.445 e. The third kappa shape index (κ3) is 7.33. The molecule has 0 aromatic heterocycles. The summed E-state index contributed by atoms with van der Waals surface area (Å²) >= 11 is 9.61. The van der Waals surface area contributed by atoms with Gasteiger partial charge in [-0.2, -0.15) is 5.10 Å². The predicted molar refractivity (Wildman–Crippen MR) is 123 cm³/mol. The summed E-state index contributed by atoms with van der Waals surface area (Å²) in [6.07, 6.45) is 5.69. The molecule has 1 amide bonds. The second-order valence-electron chi connectivity index (χ2n) is 6.58. The normalized spacial score (nSPS) is 18.1. The van der Waals surface area contributed by atoms with E-state index in [0.29, 0.717) is 21.9 Å². The standard InChI is InChI=1S/C21H26BrClN4O2/c1-16(22)14-25-26(3)20(23)13-18(24-2)19-11-7-8-12-27(19)21(28)29-15-17-9-5-4-6-10-17/h4-6,9-10,13-14,19H,1,7-8,11-12,15H2,2-3H3/b20-13-,24-18?,25-14-. The van der Waals surface area contributed by atoms with Crippen molar-refractivity contribution in [2.75, 3.05) is 20.6 Å². The van der Waals surface area contributed by atoms with Crippen molar-refractivity contribution in [3.63, 3.8) is 0 Å². The van der Waals surface area contributed by atoms with Gasteiger partial charge in [-0.05, 0) is 46.8 Å². The Kier molecular flexibility index (Phi) is 9.41. The molecule has 1 saturated heterocycles. The molecule has 1 aromatic rings. The Balaban J connectivity index is 2.10. The van der Waals surface area contributed by atoms with Crippen molar-refractivity contribution in [3.8, 4) is 0 Å². The SMILES string of the molecule is C=C(Br)/C=N\N(C)/C(Cl)=C\C(=NC)C1CCCCN1C(=O)OCc1ccccc1. The molecule has 1 aliphatic rings. The van der Waals surface area contributed by atoms with Crippen LogP contribution >= 0.6 is 27.5 Å². The zero-order valence-electron chi connectivity index (χ0n) is 16.7. The first-order valence-electron chi connectivity index (χ1n) is 9.35. The minimum Gasteiger partial charge on any atom is -0.445 e. The number of carbonyl (C=O) groups is 1. The number of piperidine rings is 1. The van der Waals surface area contributed by atoms with E-state index in [-0.39, 0.29) is 18.7 Å². The van der Waals surface area contributed by atoms with E-state index in [9.17, 15) is 4.79 Å². The van der Waals surface area contributed by atoms with Crippen LogP contribution in [0.25, 0.3) is 0 Å². The minimum atomic E-state index is -0.341. The molecule has 0 aliphatic carbocycles. The summed E-state index contributed by atoms with van der Waals surface area (Å²) in [5, 5.41) is 6.08. The molecule has 6 nitrogen and oxygen atoms in total. The molecule has 1 aromatic carbocycles. The summed E-state index contributed by atoms with van der Waals surface area (Å²) in [6.45, 7) is 4.57. The molecule has 1 aliphatic heterocycles. The zero-order valence-corrected chi connectivity index (χ0v) is 19.1. The van der Waals surface area contributed by atoms with Gasteiger partial charge < -0.3 is 4.74 Å². The van der Waals surface area contributed by atoms with Gasteiger partial charge in [0.1, 0.15) is 11.8 Å². The van der Waals surface area contributed by atoms with Crippen molar-refractivity contribution in [2.24, 2.45) is 10.1 Å². The molecule has 0 radical (unpaired) electrons. The third-order valence-corrected chi connectivity index (χ3v) is 5.05. The molecule has 1 unspecified atom stereocenters. The summed E-state index contributed by atoms with van der Waals surface area (Å²) in [4.78, 5) is 18.9. The summed E-state index contributed by atoms with van der Waals surface area (Å²) in [7, 11) is 3.42. The molecular formula is C21H26BrClN4O2. The Morgan fingerprint density at radius 3 is 2.79 bits per heavy atom. The number of hydrogen-bond acceptors (Lipinski definition) is 5. The van der Waals surface area contributed by atoms with Crippen LogP contribution in [-0.2, 0) is 11.3 Å². The van der Waals surface area contributed by atoms with Gasteiger partial charge in [-0.15, -0.1) is 0 Å². The van der Waals surface area contributed by atoms with Crippen LogP contribution < -0.4 is 0 Å². The number of amides is 1. The fraction of sp³-hybridized carbons (Fsp3) is 0.381. The smallest absolute Gasteiger partial charge is 0.410 e. The number of rotatable bonds is 7. The van der Waals surface area contributed by atoms with Crippen LogP contribution in [0.15, 0.2) is 62.7 Å². The molecule has 1 heterocycles. The number of hydrogen-bond donors (Lipinski definition) is 0. The molecule has 0 spiro atoms. The molecule has 0 N–H and O–H groups in total. The lowest BCUT2D eigenvalue weighted by molar-refractivity contribution is 0.0808. The lowest BCUT2D eigenvalue weighted by atomic mass is 9.98.